The van der Waals surface area contributed by atoms with Gasteiger partial charge < -0.3 is 15.5 Å². The number of thiophene rings is 1. The third-order valence-corrected chi connectivity index (χ3v) is 5.18. The predicted octanol–water partition coefficient (Wildman–Crippen LogP) is 3.12. The van der Waals surface area contributed by atoms with Crippen LogP contribution in [0.1, 0.15) is 37.5 Å². The standard InChI is InChI=1S/C16H28N4S.HI/c1-4-17-16(19-12-14-7-5-9-20(14)3)18-11-13(2)15-8-6-10-21-15;/h6,8,10,13-14H,4-5,7,9,11-12H2,1-3H3,(H2,17,18,19);1H. The molecule has 0 aromatic carbocycles. The second kappa shape index (κ2) is 10.4. The molecule has 2 heterocycles. The molecular formula is C16H29IN4S. The Kier molecular flexibility index (Phi) is 9.35. The maximum Gasteiger partial charge on any atom is 0.191 e. The lowest BCUT2D eigenvalue weighted by Gasteiger charge is -2.21. The minimum atomic E-state index is 0. The molecule has 0 spiro atoms. The van der Waals surface area contributed by atoms with Gasteiger partial charge in [-0.15, -0.1) is 35.3 Å². The highest BCUT2D eigenvalue weighted by Crippen LogP contribution is 2.20. The first-order chi connectivity index (χ1) is 10.2. The Morgan fingerprint density at radius 1 is 1.50 bits per heavy atom. The number of hydrogen-bond donors (Lipinski definition) is 2. The lowest BCUT2D eigenvalue weighted by atomic mass is 10.1. The largest absolute Gasteiger partial charge is 0.357 e. The molecule has 2 atom stereocenters. The van der Waals surface area contributed by atoms with Gasteiger partial charge in [-0.1, -0.05) is 13.0 Å². The summed E-state index contributed by atoms with van der Waals surface area (Å²) in [5.41, 5.74) is 0. The molecule has 0 radical (unpaired) electrons. The van der Waals surface area contributed by atoms with E-state index in [9.17, 15) is 0 Å². The van der Waals surface area contributed by atoms with E-state index in [1.54, 1.807) is 0 Å². The molecular weight excluding hydrogens is 407 g/mol. The van der Waals surface area contributed by atoms with E-state index in [0.717, 1.165) is 25.6 Å². The van der Waals surface area contributed by atoms with Gasteiger partial charge in [-0.05, 0) is 44.8 Å². The second-order valence-electron chi connectivity index (χ2n) is 5.79. The topological polar surface area (TPSA) is 39.7 Å². The van der Waals surface area contributed by atoms with Crippen molar-refractivity contribution >= 4 is 41.3 Å². The Morgan fingerprint density at radius 3 is 2.91 bits per heavy atom. The number of nitrogens with zero attached hydrogens (tertiary/aromatic N) is 2. The van der Waals surface area contributed by atoms with Crippen molar-refractivity contribution in [3.8, 4) is 0 Å². The molecule has 1 aliphatic heterocycles. The summed E-state index contributed by atoms with van der Waals surface area (Å²) in [7, 11) is 2.21. The highest BCUT2D eigenvalue weighted by molar-refractivity contribution is 14.0. The average molecular weight is 436 g/mol. The summed E-state index contributed by atoms with van der Waals surface area (Å²) in [6.07, 6.45) is 2.60. The van der Waals surface area contributed by atoms with E-state index in [2.05, 4.69) is 53.9 Å². The van der Waals surface area contributed by atoms with Gasteiger partial charge in [-0.2, -0.15) is 0 Å². The van der Waals surface area contributed by atoms with Gasteiger partial charge in [-0.3, -0.25) is 4.99 Å². The van der Waals surface area contributed by atoms with Crippen molar-refractivity contribution in [1.82, 2.24) is 15.5 Å². The number of halogens is 1. The molecule has 1 fully saturated rings. The van der Waals surface area contributed by atoms with Crippen LogP contribution >= 0.6 is 35.3 Å². The van der Waals surface area contributed by atoms with Gasteiger partial charge in [0.15, 0.2) is 5.96 Å². The molecule has 2 unspecified atom stereocenters. The maximum absolute atomic E-state index is 4.74. The fourth-order valence-electron chi connectivity index (χ4n) is 2.68. The highest BCUT2D eigenvalue weighted by atomic mass is 127. The molecule has 2 N–H and O–H groups in total. The van der Waals surface area contributed by atoms with Crippen LogP contribution < -0.4 is 10.6 Å². The van der Waals surface area contributed by atoms with Crippen LogP contribution in [0.5, 0.6) is 0 Å². The van der Waals surface area contributed by atoms with Gasteiger partial charge in [0.05, 0.1) is 6.54 Å². The lowest BCUT2D eigenvalue weighted by molar-refractivity contribution is 0.309. The minimum Gasteiger partial charge on any atom is -0.357 e. The van der Waals surface area contributed by atoms with Crippen LogP contribution in [-0.4, -0.2) is 50.1 Å². The molecule has 126 valence electrons. The number of rotatable bonds is 6. The molecule has 2 rings (SSSR count). The van der Waals surface area contributed by atoms with Gasteiger partial charge in [0, 0.05) is 29.9 Å². The summed E-state index contributed by atoms with van der Waals surface area (Å²) < 4.78 is 0. The maximum atomic E-state index is 4.74. The van der Waals surface area contributed by atoms with Gasteiger partial charge in [0.1, 0.15) is 0 Å². The van der Waals surface area contributed by atoms with Crippen molar-refractivity contribution in [2.75, 3.05) is 33.2 Å². The molecule has 0 bridgehead atoms. The zero-order valence-electron chi connectivity index (χ0n) is 13.8. The first-order valence-corrected chi connectivity index (χ1v) is 8.84. The van der Waals surface area contributed by atoms with Crippen molar-refractivity contribution in [3.63, 3.8) is 0 Å². The van der Waals surface area contributed by atoms with Crippen molar-refractivity contribution in [1.29, 1.82) is 0 Å². The van der Waals surface area contributed by atoms with Crippen molar-refractivity contribution in [3.05, 3.63) is 22.4 Å². The Labute approximate surface area is 155 Å². The number of guanidine groups is 1. The van der Waals surface area contributed by atoms with E-state index >= 15 is 0 Å². The van der Waals surface area contributed by atoms with Crippen LogP contribution in [0.4, 0.5) is 0 Å². The zero-order valence-corrected chi connectivity index (χ0v) is 17.0. The van der Waals surface area contributed by atoms with Gasteiger partial charge in [-0.25, -0.2) is 0 Å². The molecule has 0 aliphatic carbocycles. The monoisotopic (exact) mass is 436 g/mol. The molecule has 1 aliphatic rings. The first kappa shape index (κ1) is 19.7. The number of nitrogens with one attached hydrogen (secondary N) is 2. The third kappa shape index (κ3) is 6.04. The van der Waals surface area contributed by atoms with Gasteiger partial charge >= 0.3 is 0 Å². The Morgan fingerprint density at radius 2 is 2.32 bits per heavy atom. The van der Waals surface area contributed by atoms with E-state index < -0.39 is 0 Å². The van der Waals surface area contributed by atoms with Crippen LogP contribution in [-0.2, 0) is 0 Å². The van der Waals surface area contributed by atoms with E-state index in [1.165, 1.54) is 24.3 Å². The van der Waals surface area contributed by atoms with E-state index in [0.29, 0.717) is 12.0 Å². The summed E-state index contributed by atoms with van der Waals surface area (Å²) in [4.78, 5) is 8.58. The fraction of sp³-hybridized carbons (Fsp3) is 0.688. The quantitative estimate of drug-likeness (QED) is 0.409. The molecule has 4 nitrogen and oxygen atoms in total. The molecule has 22 heavy (non-hydrogen) atoms. The van der Waals surface area contributed by atoms with Crippen LogP contribution in [0.15, 0.2) is 22.5 Å². The summed E-state index contributed by atoms with van der Waals surface area (Å²) >= 11 is 1.81. The zero-order chi connectivity index (χ0) is 15.1. The number of likely N-dealkylation sites (tertiary alicyclic amines) is 1. The number of hydrogen-bond acceptors (Lipinski definition) is 3. The van der Waals surface area contributed by atoms with E-state index in [-0.39, 0.29) is 24.0 Å². The summed E-state index contributed by atoms with van der Waals surface area (Å²) in [5.74, 6) is 1.43. The van der Waals surface area contributed by atoms with E-state index in [4.69, 9.17) is 4.99 Å². The summed E-state index contributed by atoms with van der Waals surface area (Å²) in [6, 6.07) is 4.95. The molecule has 0 amide bonds. The summed E-state index contributed by atoms with van der Waals surface area (Å²) in [5, 5.41) is 8.97. The predicted molar refractivity (Wildman–Crippen MR) is 108 cm³/mol. The molecule has 6 heteroatoms. The van der Waals surface area contributed by atoms with Crippen molar-refractivity contribution in [2.45, 2.75) is 38.6 Å². The highest BCUT2D eigenvalue weighted by Gasteiger charge is 2.20. The second-order valence-corrected chi connectivity index (χ2v) is 6.77. The average Bonchev–Trinajstić information content (AvgIpc) is 3.13. The number of likely N-dealkylation sites (N-methyl/N-ethyl adjacent to an activating group) is 1. The molecule has 1 aromatic rings. The lowest BCUT2D eigenvalue weighted by Crippen LogP contribution is -2.44. The van der Waals surface area contributed by atoms with E-state index in [1.807, 2.05) is 11.3 Å². The number of aliphatic imine (C=N–C) groups is 1. The molecule has 1 aromatic heterocycles. The van der Waals surface area contributed by atoms with Crippen LogP contribution in [0.3, 0.4) is 0 Å². The normalized spacial score (nSPS) is 20.5. The first-order valence-electron chi connectivity index (χ1n) is 7.96. The van der Waals surface area contributed by atoms with Crippen LogP contribution in [0, 0.1) is 0 Å². The van der Waals surface area contributed by atoms with Crippen molar-refractivity contribution < 1.29 is 0 Å². The molecule has 1 saturated heterocycles. The third-order valence-electron chi connectivity index (χ3n) is 4.07. The Hall–Kier alpha value is -0.340. The Balaban J connectivity index is 0.00000242. The van der Waals surface area contributed by atoms with Gasteiger partial charge in [0.2, 0.25) is 0 Å². The van der Waals surface area contributed by atoms with Crippen LogP contribution in [0.25, 0.3) is 0 Å². The smallest absolute Gasteiger partial charge is 0.191 e. The van der Waals surface area contributed by atoms with Crippen molar-refractivity contribution in [2.24, 2.45) is 4.99 Å². The fourth-order valence-corrected chi connectivity index (χ4v) is 3.46. The molecule has 0 saturated carbocycles. The van der Waals surface area contributed by atoms with Gasteiger partial charge in [0.25, 0.3) is 0 Å². The van der Waals surface area contributed by atoms with Crippen LogP contribution in [0.2, 0.25) is 0 Å². The SMILES string of the molecule is CCNC(=NCC(C)c1cccs1)NCC1CCCN1C.I. The Bertz CT molecular complexity index is 435. The minimum absolute atomic E-state index is 0. The summed E-state index contributed by atoms with van der Waals surface area (Å²) in [6.45, 7) is 8.28.